The number of fused-ring (bicyclic) bond motifs is 4. The fraction of sp³-hybridized carbons (Fsp3) is 0.500. The van der Waals surface area contributed by atoms with Crippen LogP contribution >= 0.6 is 0 Å². The first-order valence-electron chi connectivity index (χ1n) is 5.63. The van der Waals surface area contributed by atoms with Crippen molar-refractivity contribution in [1.82, 2.24) is 19.7 Å². The van der Waals surface area contributed by atoms with Crippen LogP contribution < -0.4 is 0 Å². The summed E-state index contributed by atoms with van der Waals surface area (Å²) in [5, 5.41) is 23.7. The van der Waals surface area contributed by atoms with Crippen molar-refractivity contribution in [3.63, 3.8) is 0 Å². The molecule has 2 atom stereocenters. The third kappa shape index (κ3) is 1.20. The molecule has 2 amide bonds. The van der Waals surface area contributed by atoms with E-state index in [0.717, 1.165) is 4.90 Å². The Morgan fingerprint density at radius 3 is 2.94 bits per heavy atom. The molecule has 0 aromatic carbocycles. The Morgan fingerprint density at radius 2 is 2.33 bits per heavy atom. The fourth-order valence-corrected chi connectivity index (χ4v) is 2.53. The Balaban J connectivity index is 2.16. The third-order valence-corrected chi connectivity index (χ3v) is 3.41. The Bertz CT molecular complexity index is 540. The smallest absolute Gasteiger partial charge is 0.345 e. The number of amides is 2. The summed E-state index contributed by atoms with van der Waals surface area (Å²) >= 11 is 0. The van der Waals surface area contributed by atoms with Crippen LogP contribution in [-0.4, -0.2) is 48.6 Å². The highest BCUT2D eigenvalue weighted by atomic mass is 16.5. The van der Waals surface area contributed by atoms with Crippen LogP contribution in [0.3, 0.4) is 0 Å². The number of hydrogen-bond acceptors (Lipinski definition) is 4. The van der Waals surface area contributed by atoms with Crippen molar-refractivity contribution in [2.24, 2.45) is 0 Å². The van der Waals surface area contributed by atoms with E-state index in [2.05, 4.69) is 5.10 Å². The van der Waals surface area contributed by atoms with Gasteiger partial charge in [0.1, 0.15) is 11.7 Å². The van der Waals surface area contributed by atoms with Crippen molar-refractivity contribution in [1.29, 1.82) is 0 Å². The molecule has 1 aromatic rings. The van der Waals surface area contributed by atoms with Crippen LogP contribution in [0.1, 0.15) is 30.3 Å². The van der Waals surface area contributed by atoms with Gasteiger partial charge in [-0.05, 0) is 6.92 Å². The molecule has 2 unspecified atom stereocenters. The first-order chi connectivity index (χ1) is 8.54. The molecule has 18 heavy (non-hydrogen) atoms. The Kier molecular flexibility index (Phi) is 2.11. The van der Waals surface area contributed by atoms with Crippen molar-refractivity contribution in [3.05, 3.63) is 17.5 Å². The van der Waals surface area contributed by atoms with Gasteiger partial charge in [0.15, 0.2) is 6.04 Å². The highest BCUT2D eigenvalue weighted by Gasteiger charge is 2.51. The zero-order chi connectivity index (χ0) is 13.0. The molecule has 0 radical (unpaired) electrons. The monoisotopic (exact) mass is 252 g/mol. The van der Waals surface area contributed by atoms with E-state index in [1.54, 1.807) is 10.9 Å². The lowest BCUT2D eigenvalue weighted by atomic mass is 9.98. The minimum atomic E-state index is -1.14. The normalized spacial score (nSPS) is 25.6. The third-order valence-electron chi connectivity index (χ3n) is 3.41. The van der Waals surface area contributed by atoms with Crippen molar-refractivity contribution in [2.75, 3.05) is 6.54 Å². The van der Waals surface area contributed by atoms with Crippen LogP contribution in [0.5, 0.6) is 0 Å². The van der Waals surface area contributed by atoms with E-state index in [0.29, 0.717) is 22.9 Å². The molecule has 3 heterocycles. The van der Waals surface area contributed by atoms with Gasteiger partial charge in [-0.1, -0.05) is 0 Å². The summed E-state index contributed by atoms with van der Waals surface area (Å²) < 4.78 is 1.61. The maximum absolute atomic E-state index is 11.7. The molecule has 3 rings (SSSR count). The molecule has 2 aliphatic heterocycles. The molecule has 0 saturated carbocycles. The molecule has 1 saturated heterocycles. The summed E-state index contributed by atoms with van der Waals surface area (Å²) in [5.41, 5.74) is 0.944. The summed E-state index contributed by atoms with van der Waals surface area (Å²) in [6.07, 6.45) is 1.69. The zero-order valence-electron chi connectivity index (χ0n) is 9.65. The number of carbonyl (C=O) groups excluding carboxylic acids is 1. The molecular formula is C10H12N4O4. The van der Waals surface area contributed by atoms with Crippen molar-refractivity contribution >= 4 is 12.0 Å². The minimum absolute atomic E-state index is 0.175. The predicted octanol–water partition coefficient (Wildman–Crippen LogP) is 0.210. The molecule has 2 bridgehead atoms. The lowest BCUT2D eigenvalue weighted by Gasteiger charge is -2.25. The van der Waals surface area contributed by atoms with Gasteiger partial charge in [-0.2, -0.15) is 10.2 Å². The Hall–Kier alpha value is -2.09. The number of hydroxylamine groups is 2. The summed E-state index contributed by atoms with van der Waals surface area (Å²) in [5.74, 6) is -1.14. The zero-order valence-corrected chi connectivity index (χ0v) is 9.65. The van der Waals surface area contributed by atoms with Crippen LogP contribution in [0.4, 0.5) is 4.79 Å². The highest BCUT2D eigenvalue weighted by Crippen LogP contribution is 2.42. The number of aryl methyl sites for hydroxylation is 1. The lowest BCUT2D eigenvalue weighted by Crippen LogP contribution is -2.38. The number of urea groups is 1. The number of aromatic nitrogens is 2. The molecule has 1 aromatic heterocycles. The molecule has 0 spiro atoms. The first kappa shape index (κ1) is 11.0. The van der Waals surface area contributed by atoms with Crippen molar-refractivity contribution in [2.45, 2.75) is 25.6 Å². The van der Waals surface area contributed by atoms with Gasteiger partial charge in [-0.25, -0.2) is 9.59 Å². The predicted molar refractivity (Wildman–Crippen MR) is 56.7 cm³/mol. The van der Waals surface area contributed by atoms with Crippen molar-refractivity contribution in [3.8, 4) is 0 Å². The van der Waals surface area contributed by atoms with E-state index in [9.17, 15) is 19.9 Å². The van der Waals surface area contributed by atoms with E-state index in [1.807, 2.05) is 6.92 Å². The number of aliphatic carboxylic acids is 1. The van der Waals surface area contributed by atoms with Crippen LogP contribution in [0.25, 0.3) is 0 Å². The van der Waals surface area contributed by atoms with E-state index >= 15 is 0 Å². The summed E-state index contributed by atoms with van der Waals surface area (Å²) in [6, 6.07) is -2.33. The Labute approximate surface area is 102 Å². The lowest BCUT2D eigenvalue weighted by molar-refractivity contribution is -0.142. The van der Waals surface area contributed by atoms with Gasteiger partial charge in [0.2, 0.25) is 0 Å². The second-order valence-corrected chi connectivity index (χ2v) is 4.36. The van der Waals surface area contributed by atoms with Gasteiger partial charge in [0.05, 0.1) is 6.54 Å². The standard InChI is InChI=1S/C10H12N4O4/c1-2-12-3-5-6-4-13(10(17)14(6)18)8(9(15)16)7(5)11-12/h3,6,8,18H,2,4H2,1H3,(H,15,16). The number of carboxylic acids is 1. The molecule has 8 nitrogen and oxygen atoms in total. The molecule has 1 fully saturated rings. The largest absolute Gasteiger partial charge is 0.479 e. The topological polar surface area (TPSA) is 98.9 Å². The maximum Gasteiger partial charge on any atom is 0.345 e. The summed E-state index contributed by atoms with van der Waals surface area (Å²) in [6.45, 7) is 2.66. The molecule has 0 aliphatic carbocycles. The van der Waals surface area contributed by atoms with Crippen LogP contribution in [-0.2, 0) is 11.3 Å². The molecule has 8 heteroatoms. The second-order valence-electron chi connectivity index (χ2n) is 4.36. The molecule has 96 valence electrons. The minimum Gasteiger partial charge on any atom is -0.479 e. The van der Waals surface area contributed by atoms with Gasteiger partial charge >= 0.3 is 12.0 Å². The van der Waals surface area contributed by atoms with E-state index in [1.165, 1.54) is 0 Å². The summed E-state index contributed by atoms with van der Waals surface area (Å²) in [7, 11) is 0. The fourth-order valence-electron chi connectivity index (χ4n) is 2.53. The van der Waals surface area contributed by atoms with Crippen molar-refractivity contribution < 1.29 is 19.9 Å². The van der Waals surface area contributed by atoms with Gasteiger partial charge in [-0.15, -0.1) is 0 Å². The van der Waals surface area contributed by atoms with Crippen LogP contribution in [0, 0.1) is 0 Å². The highest BCUT2D eigenvalue weighted by molar-refractivity contribution is 5.86. The second kappa shape index (κ2) is 3.45. The first-order valence-corrected chi connectivity index (χ1v) is 5.63. The quantitative estimate of drug-likeness (QED) is 0.733. The van der Waals surface area contributed by atoms with Gasteiger partial charge in [0, 0.05) is 18.3 Å². The maximum atomic E-state index is 11.7. The molecule has 2 N–H and O–H groups in total. The average Bonchev–Trinajstić information content (AvgIpc) is 2.86. The number of hydrogen-bond donors (Lipinski definition) is 2. The SMILES string of the molecule is CCn1cc2c(n1)C(C(=O)O)N1CC2N(O)C1=O. The number of carbonyl (C=O) groups is 2. The van der Waals surface area contributed by atoms with Gasteiger partial charge < -0.3 is 10.0 Å². The average molecular weight is 252 g/mol. The number of rotatable bonds is 2. The van der Waals surface area contributed by atoms with Gasteiger partial charge in [-0.3, -0.25) is 9.89 Å². The summed E-state index contributed by atoms with van der Waals surface area (Å²) in [4.78, 5) is 24.2. The van der Waals surface area contributed by atoms with E-state index in [-0.39, 0.29) is 6.54 Å². The van der Waals surface area contributed by atoms with E-state index in [4.69, 9.17) is 0 Å². The van der Waals surface area contributed by atoms with Crippen LogP contribution in [0.2, 0.25) is 0 Å². The van der Waals surface area contributed by atoms with Gasteiger partial charge in [0.25, 0.3) is 0 Å². The number of carboxylic acid groups (broad SMARTS) is 1. The molecule has 2 aliphatic rings. The number of nitrogens with zero attached hydrogens (tertiary/aromatic N) is 4. The van der Waals surface area contributed by atoms with Crippen LogP contribution in [0.15, 0.2) is 6.20 Å². The Morgan fingerprint density at radius 1 is 1.61 bits per heavy atom. The van der Waals surface area contributed by atoms with E-state index < -0.39 is 24.1 Å². The molecular weight excluding hydrogens is 240 g/mol.